The smallest absolute Gasteiger partial charge is 0.119 e. The molecular formula is C31H32O4. The van der Waals surface area contributed by atoms with Gasteiger partial charge in [0, 0.05) is 0 Å². The van der Waals surface area contributed by atoms with E-state index in [4.69, 9.17) is 18.9 Å². The van der Waals surface area contributed by atoms with E-state index in [1.165, 1.54) is 11.1 Å². The van der Waals surface area contributed by atoms with Crippen LogP contribution in [0, 0.1) is 19.3 Å². The van der Waals surface area contributed by atoms with Crippen molar-refractivity contribution in [2.75, 3.05) is 26.4 Å². The first-order chi connectivity index (χ1) is 17.1. The van der Waals surface area contributed by atoms with Crippen LogP contribution in [0.25, 0.3) is 0 Å². The molecular weight excluding hydrogens is 436 g/mol. The highest BCUT2D eigenvalue weighted by molar-refractivity contribution is 5.28. The summed E-state index contributed by atoms with van der Waals surface area (Å²) in [6.07, 6.45) is 0. The lowest BCUT2D eigenvalue weighted by atomic mass is 9.92. The molecule has 4 aromatic rings. The van der Waals surface area contributed by atoms with Gasteiger partial charge >= 0.3 is 0 Å². The first-order valence-electron chi connectivity index (χ1n) is 11.8. The van der Waals surface area contributed by atoms with Crippen LogP contribution >= 0.6 is 0 Å². The average Bonchev–Trinajstić information content (AvgIpc) is 2.91. The van der Waals surface area contributed by atoms with Crippen LogP contribution in [0.1, 0.15) is 11.1 Å². The second-order valence-corrected chi connectivity index (χ2v) is 8.91. The van der Waals surface area contributed by atoms with E-state index in [0.717, 1.165) is 23.0 Å². The Morgan fingerprint density at radius 2 is 0.686 bits per heavy atom. The van der Waals surface area contributed by atoms with Gasteiger partial charge in [-0.3, -0.25) is 0 Å². The fourth-order valence-electron chi connectivity index (χ4n) is 3.50. The van der Waals surface area contributed by atoms with Crippen molar-refractivity contribution < 1.29 is 18.9 Å². The summed E-state index contributed by atoms with van der Waals surface area (Å²) in [5, 5.41) is 0. The molecule has 0 saturated heterocycles. The third-order valence-electron chi connectivity index (χ3n) is 5.71. The molecule has 0 unspecified atom stereocenters. The number of rotatable bonds is 12. The Labute approximate surface area is 208 Å². The van der Waals surface area contributed by atoms with Gasteiger partial charge in [0.1, 0.15) is 54.8 Å². The summed E-state index contributed by atoms with van der Waals surface area (Å²) in [5.74, 6) is 3.19. The number of hydrogen-bond acceptors (Lipinski definition) is 4. The van der Waals surface area contributed by atoms with Crippen molar-refractivity contribution >= 4 is 0 Å². The van der Waals surface area contributed by atoms with Crippen molar-refractivity contribution in [2.24, 2.45) is 5.41 Å². The number of ether oxygens (including phenoxy) is 4. The van der Waals surface area contributed by atoms with Crippen LogP contribution < -0.4 is 18.9 Å². The SMILES string of the molecule is Cc1ccc(OCC(COc2ccccc2)(COc2ccccc2)COc2ccc(C)cc2)cc1. The predicted molar refractivity (Wildman–Crippen MR) is 140 cm³/mol. The summed E-state index contributed by atoms with van der Waals surface area (Å²) in [6, 6.07) is 35.7. The van der Waals surface area contributed by atoms with E-state index in [0.29, 0.717) is 26.4 Å². The van der Waals surface area contributed by atoms with Crippen molar-refractivity contribution in [3.63, 3.8) is 0 Å². The standard InChI is InChI=1S/C31H32O4/c1-25-13-17-29(18-14-25)34-23-31(21-32-27-9-5-3-6-10-27,22-33-28-11-7-4-8-12-28)24-35-30-19-15-26(2)16-20-30/h3-20H,21-24H2,1-2H3. The summed E-state index contributed by atoms with van der Waals surface area (Å²) >= 11 is 0. The molecule has 0 spiro atoms. The molecule has 0 N–H and O–H groups in total. The Morgan fingerprint density at radius 1 is 0.400 bits per heavy atom. The van der Waals surface area contributed by atoms with Crippen molar-refractivity contribution in [1.29, 1.82) is 0 Å². The summed E-state index contributed by atoms with van der Waals surface area (Å²) in [7, 11) is 0. The predicted octanol–water partition coefficient (Wildman–Crippen LogP) is 6.91. The molecule has 0 aliphatic heterocycles. The van der Waals surface area contributed by atoms with Crippen LogP contribution in [0.2, 0.25) is 0 Å². The highest BCUT2D eigenvalue weighted by Gasteiger charge is 2.36. The van der Waals surface area contributed by atoms with Crippen molar-refractivity contribution in [2.45, 2.75) is 13.8 Å². The molecule has 4 heteroatoms. The van der Waals surface area contributed by atoms with Crippen LogP contribution in [-0.2, 0) is 0 Å². The van der Waals surface area contributed by atoms with Gasteiger partial charge in [-0.2, -0.15) is 0 Å². The third-order valence-corrected chi connectivity index (χ3v) is 5.71. The molecule has 0 aliphatic carbocycles. The van der Waals surface area contributed by atoms with E-state index in [-0.39, 0.29) is 0 Å². The Morgan fingerprint density at radius 3 is 1.00 bits per heavy atom. The largest absolute Gasteiger partial charge is 0.493 e. The van der Waals surface area contributed by atoms with E-state index in [2.05, 4.69) is 13.8 Å². The minimum atomic E-state index is -0.582. The van der Waals surface area contributed by atoms with E-state index in [9.17, 15) is 0 Å². The van der Waals surface area contributed by atoms with E-state index in [1.54, 1.807) is 0 Å². The molecule has 0 heterocycles. The van der Waals surface area contributed by atoms with Gasteiger partial charge < -0.3 is 18.9 Å². The van der Waals surface area contributed by atoms with Gasteiger partial charge in [-0.1, -0.05) is 71.8 Å². The van der Waals surface area contributed by atoms with Gasteiger partial charge in [-0.25, -0.2) is 0 Å². The lowest BCUT2D eigenvalue weighted by Gasteiger charge is -2.33. The molecule has 0 amide bonds. The molecule has 4 nitrogen and oxygen atoms in total. The molecule has 0 aliphatic rings. The Kier molecular flexibility index (Phi) is 8.29. The highest BCUT2D eigenvalue weighted by atomic mass is 16.5. The molecule has 4 rings (SSSR count). The number of hydrogen-bond donors (Lipinski definition) is 0. The zero-order chi connectivity index (χ0) is 24.3. The summed E-state index contributed by atoms with van der Waals surface area (Å²) < 4.78 is 25.0. The summed E-state index contributed by atoms with van der Waals surface area (Å²) in [4.78, 5) is 0. The molecule has 0 bridgehead atoms. The zero-order valence-electron chi connectivity index (χ0n) is 20.4. The maximum absolute atomic E-state index is 6.27. The van der Waals surface area contributed by atoms with E-state index < -0.39 is 5.41 Å². The lowest BCUT2D eigenvalue weighted by molar-refractivity contribution is -0.00352. The fourth-order valence-corrected chi connectivity index (χ4v) is 3.50. The van der Waals surface area contributed by atoms with Gasteiger partial charge in [0.25, 0.3) is 0 Å². The lowest BCUT2D eigenvalue weighted by Crippen LogP contribution is -2.45. The molecule has 0 atom stereocenters. The molecule has 4 aromatic carbocycles. The molecule has 180 valence electrons. The van der Waals surface area contributed by atoms with Gasteiger partial charge in [-0.15, -0.1) is 0 Å². The molecule has 0 fully saturated rings. The maximum Gasteiger partial charge on any atom is 0.119 e. The Bertz CT molecular complexity index is 1050. The number of para-hydroxylation sites is 2. The van der Waals surface area contributed by atoms with E-state index in [1.807, 2.05) is 109 Å². The second-order valence-electron chi connectivity index (χ2n) is 8.91. The van der Waals surface area contributed by atoms with Crippen molar-refractivity contribution in [3.8, 4) is 23.0 Å². The molecule has 0 saturated carbocycles. The summed E-state index contributed by atoms with van der Waals surface area (Å²) in [6.45, 7) is 5.57. The Hall–Kier alpha value is -3.92. The fraction of sp³-hybridized carbons (Fsp3) is 0.226. The normalized spacial score (nSPS) is 11.0. The van der Waals surface area contributed by atoms with Crippen LogP contribution in [0.3, 0.4) is 0 Å². The van der Waals surface area contributed by atoms with Crippen LogP contribution in [0.5, 0.6) is 23.0 Å². The van der Waals surface area contributed by atoms with Crippen LogP contribution in [0.15, 0.2) is 109 Å². The Balaban J connectivity index is 1.57. The zero-order valence-corrected chi connectivity index (χ0v) is 20.4. The summed E-state index contributed by atoms with van der Waals surface area (Å²) in [5.41, 5.74) is 1.79. The number of benzene rings is 4. The highest BCUT2D eigenvalue weighted by Crippen LogP contribution is 2.26. The monoisotopic (exact) mass is 468 g/mol. The number of aryl methyl sites for hydroxylation is 2. The second kappa shape index (κ2) is 12.0. The van der Waals surface area contributed by atoms with Gasteiger partial charge in [-0.05, 0) is 62.4 Å². The molecule has 35 heavy (non-hydrogen) atoms. The first-order valence-corrected chi connectivity index (χ1v) is 11.8. The molecule has 0 radical (unpaired) electrons. The topological polar surface area (TPSA) is 36.9 Å². The minimum Gasteiger partial charge on any atom is -0.493 e. The minimum absolute atomic E-state index is 0.363. The molecule has 0 aromatic heterocycles. The quantitative estimate of drug-likeness (QED) is 0.226. The van der Waals surface area contributed by atoms with Crippen LogP contribution in [-0.4, -0.2) is 26.4 Å². The maximum atomic E-state index is 6.27. The van der Waals surface area contributed by atoms with Gasteiger partial charge in [0.2, 0.25) is 0 Å². The average molecular weight is 469 g/mol. The van der Waals surface area contributed by atoms with Crippen molar-refractivity contribution in [3.05, 3.63) is 120 Å². The van der Waals surface area contributed by atoms with Gasteiger partial charge in [0.15, 0.2) is 0 Å². The van der Waals surface area contributed by atoms with Crippen molar-refractivity contribution in [1.82, 2.24) is 0 Å². The third kappa shape index (κ3) is 7.54. The first kappa shape index (κ1) is 24.2. The van der Waals surface area contributed by atoms with Gasteiger partial charge in [0.05, 0.1) is 0 Å². The van der Waals surface area contributed by atoms with Crippen LogP contribution in [0.4, 0.5) is 0 Å². The van der Waals surface area contributed by atoms with E-state index >= 15 is 0 Å².